The van der Waals surface area contributed by atoms with Crippen molar-refractivity contribution in [1.82, 2.24) is 19.5 Å². The number of hydrogen-bond acceptors (Lipinski definition) is 9. The van der Waals surface area contributed by atoms with E-state index in [2.05, 4.69) is 24.8 Å². The Bertz CT molecular complexity index is 911. The molecule has 150 valence electrons. The highest BCUT2D eigenvalue weighted by Gasteiger charge is 2.42. The monoisotopic (exact) mass is 425 g/mol. The lowest BCUT2D eigenvalue weighted by molar-refractivity contribution is -0.0417. The fourth-order valence-corrected chi connectivity index (χ4v) is 3.64. The first-order valence-electron chi connectivity index (χ1n) is 7.52. The Balaban J connectivity index is 1.86. The first-order valence-corrected chi connectivity index (χ1v) is 10.6. The van der Waals surface area contributed by atoms with Crippen molar-refractivity contribution in [2.45, 2.75) is 24.9 Å². The van der Waals surface area contributed by atoms with E-state index in [4.69, 9.17) is 28.8 Å². The molecule has 2 aromatic rings. The van der Waals surface area contributed by atoms with Crippen LogP contribution in [0.5, 0.6) is 0 Å². The minimum Gasteiger partial charge on any atom is -0.371 e. The highest BCUT2D eigenvalue weighted by molar-refractivity contribution is 7.46. The Kier molecular flexibility index (Phi) is 5.64. The van der Waals surface area contributed by atoms with E-state index in [1.165, 1.54) is 17.2 Å². The Morgan fingerprint density at radius 3 is 2.63 bits per heavy atom. The van der Waals surface area contributed by atoms with Crippen LogP contribution in [0.1, 0.15) is 12.6 Å². The second kappa shape index (κ2) is 7.51. The number of anilines is 1. The molecule has 3 atom stereocenters. The number of rotatable bonds is 7. The maximum absolute atomic E-state index is 11.2. The summed E-state index contributed by atoms with van der Waals surface area (Å²) in [4.78, 5) is 48.2. The average molecular weight is 425 g/mol. The molecule has 27 heavy (non-hydrogen) atoms. The van der Waals surface area contributed by atoms with Gasteiger partial charge in [-0.3, -0.25) is 13.6 Å². The predicted octanol–water partition coefficient (Wildman–Crippen LogP) is -0.257. The zero-order valence-corrected chi connectivity index (χ0v) is 15.6. The molecule has 16 heteroatoms. The molecule has 0 saturated carbocycles. The molecule has 1 aliphatic rings. The molecule has 1 aliphatic heterocycles. The Morgan fingerprint density at radius 2 is 2.00 bits per heavy atom. The zero-order valence-electron chi connectivity index (χ0n) is 13.8. The molecular formula is C11H17N5O9P2. The van der Waals surface area contributed by atoms with Gasteiger partial charge in [0, 0.05) is 13.5 Å². The number of imidazole rings is 1. The van der Waals surface area contributed by atoms with Crippen LogP contribution in [0.3, 0.4) is 0 Å². The van der Waals surface area contributed by atoms with Gasteiger partial charge >= 0.3 is 15.6 Å². The molecule has 2 aromatic heterocycles. The highest BCUT2D eigenvalue weighted by Crippen LogP contribution is 2.45. The van der Waals surface area contributed by atoms with E-state index in [0.29, 0.717) is 17.0 Å². The highest BCUT2D eigenvalue weighted by atomic mass is 31.2. The molecule has 1 saturated heterocycles. The lowest BCUT2D eigenvalue weighted by Crippen LogP contribution is -2.28. The number of nitrogens with zero attached hydrogens (tertiary/aromatic N) is 4. The number of phosphoric acid groups is 2. The third-order valence-electron chi connectivity index (χ3n) is 3.77. The predicted molar refractivity (Wildman–Crippen MR) is 88.3 cm³/mol. The molecule has 3 rings (SSSR count). The van der Waals surface area contributed by atoms with E-state index in [0.717, 1.165) is 0 Å². The fraction of sp³-hybridized carbons (Fsp3) is 0.545. The standard InChI is InChI=1S/C11H17N5O9P2/c1-12-10-9-11(14-4-13-10)16(5-15-9)8-2-6(25-27(20,21)22)7(24-8)3-23-26(17,18)19/h4-8H,2-3H2,1H3,(H,12,13,14)(H2,17,18,19)(H2,20,21,22)/t6-,7?,8?/m0/s1. The van der Waals surface area contributed by atoms with Crippen LogP contribution in [0.15, 0.2) is 12.7 Å². The van der Waals surface area contributed by atoms with Gasteiger partial charge in [-0.05, 0) is 0 Å². The van der Waals surface area contributed by atoms with Crippen LogP contribution in [-0.4, -0.2) is 65.0 Å². The number of nitrogens with one attached hydrogen (secondary N) is 1. The second-order valence-corrected chi connectivity index (χ2v) is 8.01. The summed E-state index contributed by atoms with van der Waals surface area (Å²) in [5.41, 5.74) is 0.844. The molecule has 14 nitrogen and oxygen atoms in total. The molecule has 0 aliphatic carbocycles. The van der Waals surface area contributed by atoms with E-state index in [9.17, 15) is 9.13 Å². The van der Waals surface area contributed by atoms with Crippen LogP contribution in [-0.2, 0) is 22.9 Å². The van der Waals surface area contributed by atoms with Crippen LogP contribution in [0.2, 0.25) is 0 Å². The smallest absolute Gasteiger partial charge is 0.371 e. The number of fused-ring (bicyclic) bond motifs is 1. The minimum absolute atomic E-state index is 0.0371. The van der Waals surface area contributed by atoms with Crippen molar-refractivity contribution in [2.24, 2.45) is 0 Å². The summed E-state index contributed by atoms with van der Waals surface area (Å²) in [5.74, 6) is 0.473. The summed E-state index contributed by atoms with van der Waals surface area (Å²) in [6, 6.07) is 0. The van der Waals surface area contributed by atoms with Crippen LogP contribution in [0, 0.1) is 0 Å². The van der Waals surface area contributed by atoms with Gasteiger partial charge in [0.05, 0.1) is 12.9 Å². The van der Waals surface area contributed by atoms with E-state index in [-0.39, 0.29) is 6.42 Å². The maximum atomic E-state index is 11.2. The normalized spacial score (nSPS) is 23.8. The van der Waals surface area contributed by atoms with Crippen molar-refractivity contribution in [1.29, 1.82) is 0 Å². The molecule has 5 N–H and O–H groups in total. The van der Waals surface area contributed by atoms with E-state index < -0.39 is 40.7 Å². The zero-order chi connectivity index (χ0) is 19.8. The lowest BCUT2D eigenvalue weighted by Gasteiger charge is -2.19. The van der Waals surface area contributed by atoms with Crippen molar-refractivity contribution in [2.75, 3.05) is 19.0 Å². The third-order valence-corrected chi connectivity index (χ3v) is 4.80. The van der Waals surface area contributed by atoms with Gasteiger partial charge in [0.25, 0.3) is 0 Å². The average Bonchev–Trinajstić information content (AvgIpc) is 3.14. The molecule has 2 unspecified atom stereocenters. The molecule has 0 spiro atoms. The molecule has 0 aromatic carbocycles. The van der Waals surface area contributed by atoms with Gasteiger partial charge in [-0.1, -0.05) is 0 Å². The third kappa shape index (κ3) is 4.88. The maximum Gasteiger partial charge on any atom is 0.469 e. The van der Waals surface area contributed by atoms with E-state index >= 15 is 0 Å². The Labute approximate surface area is 152 Å². The van der Waals surface area contributed by atoms with Crippen LogP contribution < -0.4 is 5.32 Å². The SMILES string of the molecule is CNc1ncnc2c1ncn2C1C[C@H](OP(=O)(O)O)C(COP(=O)(O)O)O1. The van der Waals surface area contributed by atoms with Gasteiger partial charge in [0.15, 0.2) is 11.5 Å². The molecule has 3 heterocycles. The van der Waals surface area contributed by atoms with Crippen LogP contribution in [0.25, 0.3) is 11.2 Å². The topological polar surface area (TPSA) is 198 Å². The Hall–Kier alpha value is -1.47. The first kappa shape index (κ1) is 20.3. The summed E-state index contributed by atoms with van der Waals surface area (Å²) in [7, 11) is -8.02. The minimum atomic E-state index is -4.87. The van der Waals surface area contributed by atoms with Gasteiger partial charge in [0.1, 0.15) is 30.3 Å². The summed E-state index contributed by atoms with van der Waals surface area (Å²) in [6.45, 7) is -0.630. The fourth-order valence-electron chi connectivity index (χ4n) is 2.72. The summed E-state index contributed by atoms with van der Waals surface area (Å²) in [6.07, 6.45) is -0.449. The van der Waals surface area contributed by atoms with Crippen LogP contribution >= 0.6 is 15.6 Å². The molecular weight excluding hydrogens is 408 g/mol. The van der Waals surface area contributed by atoms with Crippen LogP contribution in [0.4, 0.5) is 5.82 Å². The van der Waals surface area contributed by atoms with E-state index in [1.807, 2.05) is 0 Å². The van der Waals surface area contributed by atoms with Crippen molar-refractivity contribution in [3.05, 3.63) is 12.7 Å². The van der Waals surface area contributed by atoms with Crippen molar-refractivity contribution < 1.29 is 42.5 Å². The quantitative estimate of drug-likeness (QED) is 0.364. The lowest BCUT2D eigenvalue weighted by atomic mass is 10.2. The van der Waals surface area contributed by atoms with Crippen molar-refractivity contribution in [3.8, 4) is 0 Å². The number of hydrogen-bond donors (Lipinski definition) is 5. The molecule has 1 fully saturated rings. The van der Waals surface area contributed by atoms with Gasteiger partial charge < -0.3 is 29.6 Å². The summed E-state index contributed by atoms with van der Waals surface area (Å²) < 4.78 is 38.4. The van der Waals surface area contributed by atoms with Crippen molar-refractivity contribution in [3.63, 3.8) is 0 Å². The molecule has 0 radical (unpaired) electrons. The summed E-state index contributed by atoms with van der Waals surface area (Å²) >= 11 is 0. The summed E-state index contributed by atoms with van der Waals surface area (Å²) in [5, 5.41) is 2.86. The Morgan fingerprint density at radius 1 is 1.26 bits per heavy atom. The van der Waals surface area contributed by atoms with Gasteiger partial charge in [0.2, 0.25) is 0 Å². The second-order valence-electron chi connectivity index (χ2n) is 5.58. The van der Waals surface area contributed by atoms with Gasteiger partial charge in [-0.2, -0.15) is 0 Å². The number of ether oxygens (including phenoxy) is 1. The molecule has 0 bridgehead atoms. The van der Waals surface area contributed by atoms with Gasteiger partial charge in [-0.25, -0.2) is 24.1 Å². The number of phosphoric ester groups is 2. The largest absolute Gasteiger partial charge is 0.469 e. The van der Waals surface area contributed by atoms with Gasteiger partial charge in [-0.15, -0.1) is 0 Å². The first-order chi connectivity index (χ1) is 12.6. The van der Waals surface area contributed by atoms with E-state index in [1.54, 1.807) is 7.05 Å². The molecule has 0 amide bonds. The van der Waals surface area contributed by atoms with Crippen molar-refractivity contribution >= 4 is 32.6 Å². The number of aromatic nitrogens is 4.